The van der Waals surface area contributed by atoms with Crippen LogP contribution in [0.25, 0.3) is 0 Å². The van der Waals surface area contributed by atoms with E-state index in [2.05, 4.69) is 11.8 Å². The molecule has 1 aromatic carbocycles. The van der Waals surface area contributed by atoms with E-state index in [0.717, 1.165) is 31.5 Å². The highest BCUT2D eigenvalue weighted by Crippen LogP contribution is 2.13. The largest absolute Gasteiger partial charge is 0.395 e. The van der Waals surface area contributed by atoms with Gasteiger partial charge in [0.15, 0.2) is 0 Å². The van der Waals surface area contributed by atoms with Gasteiger partial charge in [0.1, 0.15) is 0 Å². The van der Waals surface area contributed by atoms with Gasteiger partial charge in [0.2, 0.25) is 0 Å². The van der Waals surface area contributed by atoms with Gasteiger partial charge in [-0.3, -0.25) is 15.0 Å². The lowest BCUT2D eigenvalue weighted by Gasteiger charge is -2.20. The number of non-ortho nitro benzene ring substituents is 1. The summed E-state index contributed by atoms with van der Waals surface area (Å²) in [7, 11) is 0. The van der Waals surface area contributed by atoms with Crippen LogP contribution in [-0.2, 0) is 6.54 Å². The number of hydrogen-bond donors (Lipinski definition) is 1. The quantitative estimate of drug-likeness (QED) is 0.569. The highest BCUT2D eigenvalue weighted by Gasteiger charge is 2.07. The highest BCUT2D eigenvalue weighted by atomic mass is 16.6. The van der Waals surface area contributed by atoms with Crippen molar-refractivity contribution in [2.24, 2.45) is 0 Å². The number of aliphatic hydroxyl groups excluding tert-OH is 1. The van der Waals surface area contributed by atoms with Gasteiger partial charge in [0.25, 0.3) is 5.69 Å². The minimum atomic E-state index is -0.396. The van der Waals surface area contributed by atoms with Gasteiger partial charge in [-0.25, -0.2) is 0 Å². The summed E-state index contributed by atoms with van der Waals surface area (Å²) in [6, 6.07) is 6.58. The molecule has 0 saturated heterocycles. The second kappa shape index (κ2) is 7.79. The minimum Gasteiger partial charge on any atom is -0.395 e. The molecule has 0 aromatic heterocycles. The molecular weight excluding hydrogens is 232 g/mol. The zero-order valence-electron chi connectivity index (χ0n) is 10.7. The SMILES string of the molecule is CCCCN(CCO)Cc1ccc([N+](=O)[O-])cc1. The maximum atomic E-state index is 10.5. The fraction of sp³-hybridized carbons (Fsp3) is 0.538. The van der Waals surface area contributed by atoms with E-state index in [4.69, 9.17) is 5.11 Å². The first kappa shape index (κ1) is 14.6. The van der Waals surface area contributed by atoms with Crippen LogP contribution in [-0.4, -0.2) is 34.6 Å². The summed E-state index contributed by atoms with van der Waals surface area (Å²) >= 11 is 0. The van der Waals surface area contributed by atoms with Crippen LogP contribution in [0.5, 0.6) is 0 Å². The van der Waals surface area contributed by atoms with Crippen molar-refractivity contribution in [2.45, 2.75) is 26.3 Å². The molecule has 0 saturated carbocycles. The molecule has 1 N–H and O–H groups in total. The predicted octanol–water partition coefficient (Wildman–Crippen LogP) is 2.19. The van der Waals surface area contributed by atoms with Crippen molar-refractivity contribution in [3.05, 3.63) is 39.9 Å². The highest BCUT2D eigenvalue weighted by molar-refractivity contribution is 5.32. The Kier molecular flexibility index (Phi) is 6.32. The smallest absolute Gasteiger partial charge is 0.269 e. The van der Waals surface area contributed by atoms with Crippen molar-refractivity contribution in [3.8, 4) is 0 Å². The third-order valence-corrected chi connectivity index (χ3v) is 2.80. The number of rotatable bonds is 8. The maximum absolute atomic E-state index is 10.5. The molecule has 0 amide bonds. The lowest BCUT2D eigenvalue weighted by molar-refractivity contribution is -0.384. The molecule has 5 heteroatoms. The number of hydrogen-bond acceptors (Lipinski definition) is 4. The first-order valence-corrected chi connectivity index (χ1v) is 6.24. The molecule has 0 aliphatic heterocycles. The third kappa shape index (κ3) is 4.81. The monoisotopic (exact) mass is 252 g/mol. The Morgan fingerprint density at radius 1 is 1.28 bits per heavy atom. The summed E-state index contributed by atoms with van der Waals surface area (Å²) in [6.07, 6.45) is 2.20. The Balaban J connectivity index is 2.59. The number of benzene rings is 1. The van der Waals surface area contributed by atoms with Gasteiger partial charge < -0.3 is 5.11 Å². The number of nitro benzene ring substituents is 1. The molecule has 0 unspecified atom stereocenters. The van der Waals surface area contributed by atoms with E-state index in [0.29, 0.717) is 6.54 Å². The van der Waals surface area contributed by atoms with Crippen molar-refractivity contribution in [1.82, 2.24) is 4.90 Å². The molecule has 0 aliphatic rings. The average Bonchev–Trinajstić information content (AvgIpc) is 2.37. The molecule has 1 rings (SSSR count). The van der Waals surface area contributed by atoms with E-state index in [1.54, 1.807) is 12.1 Å². The Hall–Kier alpha value is -1.46. The summed E-state index contributed by atoms with van der Waals surface area (Å²) in [4.78, 5) is 12.3. The molecule has 18 heavy (non-hydrogen) atoms. The van der Waals surface area contributed by atoms with Gasteiger partial charge >= 0.3 is 0 Å². The first-order chi connectivity index (χ1) is 8.67. The summed E-state index contributed by atoms with van der Waals surface area (Å²) < 4.78 is 0. The second-order valence-electron chi connectivity index (χ2n) is 4.28. The fourth-order valence-electron chi connectivity index (χ4n) is 1.77. The van der Waals surface area contributed by atoms with E-state index in [9.17, 15) is 10.1 Å². The second-order valence-corrected chi connectivity index (χ2v) is 4.28. The zero-order valence-corrected chi connectivity index (χ0v) is 10.7. The first-order valence-electron chi connectivity index (χ1n) is 6.24. The van der Waals surface area contributed by atoms with Crippen LogP contribution in [0, 0.1) is 10.1 Å². The van der Waals surface area contributed by atoms with Crippen LogP contribution in [0.4, 0.5) is 5.69 Å². The molecule has 0 heterocycles. The standard InChI is InChI=1S/C13H20N2O3/c1-2-3-8-14(9-10-16)11-12-4-6-13(7-5-12)15(17)18/h4-7,16H,2-3,8-11H2,1H3. The van der Waals surface area contributed by atoms with Crippen LogP contribution in [0.15, 0.2) is 24.3 Å². The summed E-state index contributed by atoms with van der Waals surface area (Å²) in [5.74, 6) is 0. The third-order valence-electron chi connectivity index (χ3n) is 2.80. The molecule has 0 atom stereocenters. The van der Waals surface area contributed by atoms with Gasteiger partial charge in [0, 0.05) is 25.2 Å². The molecular formula is C13H20N2O3. The lowest BCUT2D eigenvalue weighted by Crippen LogP contribution is -2.27. The maximum Gasteiger partial charge on any atom is 0.269 e. The predicted molar refractivity (Wildman–Crippen MR) is 70.4 cm³/mol. The zero-order chi connectivity index (χ0) is 13.4. The van der Waals surface area contributed by atoms with Crippen LogP contribution in [0.1, 0.15) is 25.3 Å². The topological polar surface area (TPSA) is 66.6 Å². The molecule has 0 bridgehead atoms. The lowest BCUT2D eigenvalue weighted by atomic mass is 10.2. The molecule has 100 valence electrons. The van der Waals surface area contributed by atoms with Crippen molar-refractivity contribution in [2.75, 3.05) is 19.7 Å². The molecule has 0 radical (unpaired) electrons. The van der Waals surface area contributed by atoms with Crippen molar-refractivity contribution < 1.29 is 10.0 Å². The molecule has 0 fully saturated rings. The molecule has 0 spiro atoms. The van der Waals surface area contributed by atoms with E-state index < -0.39 is 4.92 Å². The van der Waals surface area contributed by atoms with E-state index in [1.165, 1.54) is 12.1 Å². The summed E-state index contributed by atoms with van der Waals surface area (Å²) in [5, 5.41) is 19.5. The van der Waals surface area contributed by atoms with E-state index >= 15 is 0 Å². The normalized spacial score (nSPS) is 10.8. The Labute approximate surface area is 107 Å². The Morgan fingerprint density at radius 2 is 1.94 bits per heavy atom. The minimum absolute atomic E-state index is 0.112. The summed E-state index contributed by atoms with van der Waals surface area (Å²) in [5.41, 5.74) is 1.14. The number of nitrogens with zero attached hydrogens (tertiary/aromatic N) is 2. The molecule has 1 aromatic rings. The average molecular weight is 252 g/mol. The van der Waals surface area contributed by atoms with Gasteiger partial charge in [-0.15, -0.1) is 0 Å². The van der Waals surface area contributed by atoms with Crippen LogP contribution in [0.3, 0.4) is 0 Å². The molecule has 5 nitrogen and oxygen atoms in total. The Morgan fingerprint density at radius 3 is 2.44 bits per heavy atom. The van der Waals surface area contributed by atoms with Gasteiger partial charge in [-0.1, -0.05) is 25.5 Å². The van der Waals surface area contributed by atoms with Crippen LogP contribution < -0.4 is 0 Å². The van der Waals surface area contributed by atoms with Gasteiger partial charge in [-0.2, -0.15) is 0 Å². The van der Waals surface area contributed by atoms with Crippen molar-refractivity contribution in [3.63, 3.8) is 0 Å². The van der Waals surface area contributed by atoms with Gasteiger partial charge in [-0.05, 0) is 18.5 Å². The van der Waals surface area contributed by atoms with Crippen molar-refractivity contribution >= 4 is 5.69 Å². The van der Waals surface area contributed by atoms with E-state index in [1.807, 2.05) is 0 Å². The number of unbranched alkanes of at least 4 members (excludes halogenated alkanes) is 1. The van der Waals surface area contributed by atoms with Crippen LogP contribution >= 0.6 is 0 Å². The number of aliphatic hydroxyl groups is 1. The summed E-state index contributed by atoms with van der Waals surface area (Å²) in [6.45, 7) is 4.56. The van der Waals surface area contributed by atoms with Crippen molar-refractivity contribution in [1.29, 1.82) is 0 Å². The van der Waals surface area contributed by atoms with E-state index in [-0.39, 0.29) is 12.3 Å². The number of nitro groups is 1. The Bertz CT molecular complexity index is 365. The van der Waals surface area contributed by atoms with Crippen LogP contribution in [0.2, 0.25) is 0 Å². The molecule has 0 aliphatic carbocycles. The fourth-order valence-corrected chi connectivity index (χ4v) is 1.77. The van der Waals surface area contributed by atoms with Gasteiger partial charge in [0.05, 0.1) is 11.5 Å².